The number of halogens is 1. The quantitative estimate of drug-likeness (QED) is 0.800. The maximum atomic E-state index is 12.5. The van der Waals surface area contributed by atoms with Crippen LogP contribution in [-0.2, 0) is 16.4 Å². The van der Waals surface area contributed by atoms with Crippen LogP contribution in [0.1, 0.15) is 22.8 Å². The molecule has 1 aliphatic rings. The molecule has 0 spiro atoms. The number of anilines is 1. The number of benzene rings is 2. The van der Waals surface area contributed by atoms with Crippen molar-refractivity contribution < 1.29 is 8.42 Å². The van der Waals surface area contributed by atoms with E-state index in [1.54, 1.807) is 12.1 Å². The molecule has 0 saturated carbocycles. The summed E-state index contributed by atoms with van der Waals surface area (Å²) in [4.78, 5) is 0. The molecule has 2 aromatic rings. The third-order valence-electron chi connectivity index (χ3n) is 3.56. The zero-order valence-electron chi connectivity index (χ0n) is 10.7. The van der Waals surface area contributed by atoms with Gasteiger partial charge in [0.25, 0.3) is 0 Å². The lowest BCUT2D eigenvalue weighted by molar-refractivity contribution is 0.586. The van der Waals surface area contributed by atoms with Gasteiger partial charge in [-0.3, -0.25) is 4.72 Å². The SMILES string of the molecule is O=S(=O)(Nc1ccc(I)cc1)[C@H]1CCc2ccccc21. The van der Waals surface area contributed by atoms with E-state index in [0.29, 0.717) is 12.1 Å². The number of sulfonamides is 1. The Bertz CT molecular complexity index is 726. The van der Waals surface area contributed by atoms with E-state index in [1.807, 2.05) is 36.4 Å². The van der Waals surface area contributed by atoms with Crippen molar-refractivity contribution in [2.45, 2.75) is 18.1 Å². The highest BCUT2D eigenvalue weighted by Gasteiger charge is 2.33. The van der Waals surface area contributed by atoms with Crippen molar-refractivity contribution in [1.82, 2.24) is 0 Å². The molecular weight excluding hydrogens is 385 g/mol. The van der Waals surface area contributed by atoms with Crippen LogP contribution in [0.15, 0.2) is 48.5 Å². The Hall–Kier alpha value is -1.08. The van der Waals surface area contributed by atoms with E-state index in [-0.39, 0.29) is 0 Å². The fraction of sp³-hybridized carbons (Fsp3) is 0.200. The number of hydrogen-bond acceptors (Lipinski definition) is 2. The van der Waals surface area contributed by atoms with Crippen LogP contribution in [0, 0.1) is 3.57 Å². The maximum absolute atomic E-state index is 12.5. The van der Waals surface area contributed by atoms with Gasteiger partial charge in [-0.25, -0.2) is 8.42 Å². The molecule has 0 amide bonds. The van der Waals surface area contributed by atoms with Gasteiger partial charge >= 0.3 is 0 Å². The molecule has 0 heterocycles. The molecule has 1 N–H and O–H groups in total. The lowest BCUT2D eigenvalue weighted by Crippen LogP contribution is -2.19. The smallest absolute Gasteiger partial charge is 0.239 e. The fourth-order valence-electron chi connectivity index (χ4n) is 2.59. The summed E-state index contributed by atoms with van der Waals surface area (Å²) in [6, 6.07) is 15.1. The Morgan fingerprint density at radius 2 is 1.75 bits per heavy atom. The summed E-state index contributed by atoms with van der Waals surface area (Å²) in [5, 5.41) is -0.446. The highest BCUT2D eigenvalue weighted by atomic mass is 127. The van der Waals surface area contributed by atoms with E-state index >= 15 is 0 Å². The van der Waals surface area contributed by atoms with Gasteiger partial charge in [-0.05, 0) is 70.8 Å². The number of nitrogens with one attached hydrogen (secondary N) is 1. The average molecular weight is 399 g/mol. The third-order valence-corrected chi connectivity index (χ3v) is 6.03. The van der Waals surface area contributed by atoms with Crippen LogP contribution < -0.4 is 4.72 Å². The summed E-state index contributed by atoms with van der Waals surface area (Å²) < 4.78 is 28.9. The zero-order chi connectivity index (χ0) is 14.2. The number of hydrogen-bond donors (Lipinski definition) is 1. The van der Waals surface area contributed by atoms with Crippen molar-refractivity contribution >= 4 is 38.3 Å². The first-order chi connectivity index (χ1) is 9.56. The minimum absolute atomic E-state index is 0.446. The molecule has 5 heteroatoms. The maximum Gasteiger partial charge on any atom is 0.239 e. The molecule has 0 bridgehead atoms. The molecule has 0 aromatic heterocycles. The Morgan fingerprint density at radius 3 is 2.50 bits per heavy atom. The van der Waals surface area contributed by atoms with Crippen molar-refractivity contribution in [3.05, 3.63) is 63.2 Å². The summed E-state index contributed by atoms with van der Waals surface area (Å²) in [7, 11) is -3.39. The van der Waals surface area contributed by atoms with Crippen LogP contribution >= 0.6 is 22.6 Å². The molecule has 104 valence electrons. The van der Waals surface area contributed by atoms with Crippen molar-refractivity contribution in [3.8, 4) is 0 Å². The Kier molecular flexibility index (Phi) is 3.72. The molecule has 1 atom stereocenters. The standard InChI is InChI=1S/C15H14INO2S/c16-12-6-8-13(9-7-12)17-20(18,19)15-10-5-11-3-1-2-4-14(11)15/h1-4,6-9,15,17H,5,10H2/t15-/m0/s1. The normalized spacial score (nSPS) is 17.8. The predicted octanol–water partition coefficient (Wildman–Crippen LogP) is 3.72. The first kappa shape index (κ1) is 13.9. The number of aryl methyl sites for hydroxylation is 1. The lowest BCUT2D eigenvalue weighted by Gasteiger charge is -2.15. The highest BCUT2D eigenvalue weighted by Crippen LogP contribution is 2.37. The molecule has 20 heavy (non-hydrogen) atoms. The van der Waals surface area contributed by atoms with Crippen LogP contribution in [0.5, 0.6) is 0 Å². The Labute approximate surface area is 132 Å². The number of fused-ring (bicyclic) bond motifs is 1. The van der Waals surface area contributed by atoms with Gasteiger partial charge in [-0.2, -0.15) is 0 Å². The van der Waals surface area contributed by atoms with Gasteiger partial charge < -0.3 is 0 Å². The van der Waals surface area contributed by atoms with Gasteiger partial charge in [0.15, 0.2) is 0 Å². The minimum atomic E-state index is -3.39. The molecule has 2 aromatic carbocycles. The number of rotatable bonds is 3. The second kappa shape index (κ2) is 5.37. The molecule has 0 unspecified atom stereocenters. The van der Waals surface area contributed by atoms with E-state index in [2.05, 4.69) is 27.3 Å². The monoisotopic (exact) mass is 399 g/mol. The minimum Gasteiger partial charge on any atom is -0.283 e. The fourth-order valence-corrected chi connectivity index (χ4v) is 4.55. The van der Waals surface area contributed by atoms with Crippen LogP contribution in [0.2, 0.25) is 0 Å². The second-order valence-electron chi connectivity index (χ2n) is 4.88. The summed E-state index contributed by atoms with van der Waals surface area (Å²) >= 11 is 2.19. The molecule has 3 nitrogen and oxygen atoms in total. The van der Waals surface area contributed by atoms with Gasteiger partial charge in [0.2, 0.25) is 10.0 Å². The van der Waals surface area contributed by atoms with E-state index < -0.39 is 15.3 Å². The molecule has 0 saturated heterocycles. The van der Waals surface area contributed by atoms with E-state index in [1.165, 1.54) is 0 Å². The highest BCUT2D eigenvalue weighted by molar-refractivity contribution is 14.1. The van der Waals surface area contributed by atoms with Gasteiger partial charge in [0.05, 0.1) is 0 Å². The average Bonchev–Trinajstić information content (AvgIpc) is 2.86. The van der Waals surface area contributed by atoms with Gasteiger partial charge in [0.1, 0.15) is 5.25 Å². The first-order valence-electron chi connectivity index (χ1n) is 6.41. The molecule has 1 aliphatic carbocycles. The van der Waals surface area contributed by atoms with E-state index in [4.69, 9.17) is 0 Å². The van der Waals surface area contributed by atoms with Crippen LogP contribution in [0.25, 0.3) is 0 Å². The van der Waals surface area contributed by atoms with E-state index in [0.717, 1.165) is 21.1 Å². The summed E-state index contributed by atoms with van der Waals surface area (Å²) in [5.74, 6) is 0. The van der Waals surface area contributed by atoms with Crippen molar-refractivity contribution in [3.63, 3.8) is 0 Å². The summed E-state index contributed by atoms with van der Waals surface area (Å²) in [6.07, 6.45) is 1.48. The zero-order valence-corrected chi connectivity index (χ0v) is 13.7. The van der Waals surface area contributed by atoms with Crippen LogP contribution in [-0.4, -0.2) is 8.42 Å². The summed E-state index contributed by atoms with van der Waals surface area (Å²) in [6.45, 7) is 0. The first-order valence-corrected chi connectivity index (χ1v) is 9.04. The van der Waals surface area contributed by atoms with E-state index in [9.17, 15) is 8.42 Å². The van der Waals surface area contributed by atoms with Crippen LogP contribution in [0.4, 0.5) is 5.69 Å². The molecule has 0 fully saturated rings. The van der Waals surface area contributed by atoms with Gasteiger partial charge in [-0.15, -0.1) is 0 Å². The predicted molar refractivity (Wildman–Crippen MR) is 89.2 cm³/mol. The topological polar surface area (TPSA) is 46.2 Å². The molecule has 3 rings (SSSR count). The molecule has 0 aliphatic heterocycles. The van der Waals surface area contributed by atoms with Crippen LogP contribution in [0.3, 0.4) is 0 Å². The van der Waals surface area contributed by atoms with Crippen molar-refractivity contribution in [2.24, 2.45) is 0 Å². The third kappa shape index (κ3) is 2.69. The Balaban J connectivity index is 1.88. The molecular formula is C15H14INO2S. The van der Waals surface area contributed by atoms with Crippen molar-refractivity contribution in [2.75, 3.05) is 4.72 Å². The lowest BCUT2D eigenvalue weighted by atomic mass is 10.1. The van der Waals surface area contributed by atoms with Gasteiger partial charge in [0, 0.05) is 9.26 Å². The molecule has 0 radical (unpaired) electrons. The summed E-state index contributed by atoms with van der Waals surface area (Å²) in [5.41, 5.74) is 2.70. The Morgan fingerprint density at radius 1 is 1.05 bits per heavy atom. The van der Waals surface area contributed by atoms with Crippen molar-refractivity contribution in [1.29, 1.82) is 0 Å². The van der Waals surface area contributed by atoms with Gasteiger partial charge in [-0.1, -0.05) is 24.3 Å². The largest absolute Gasteiger partial charge is 0.283 e. The second-order valence-corrected chi connectivity index (χ2v) is 7.99.